The van der Waals surface area contributed by atoms with Crippen molar-refractivity contribution >= 4 is 79.5 Å². The molecule has 0 aromatic carbocycles. The molecule has 40 heavy (non-hydrogen) atoms. The summed E-state index contributed by atoms with van der Waals surface area (Å²) in [5.41, 5.74) is 2.99. The summed E-state index contributed by atoms with van der Waals surface area (Å²) in [6, 6.07) is 1.28. The van der Waals surface area contributed by atoms with Gasteiger partial charge in [0.1, 0.15) is 4.88 Å². The van der Waals surface area contributed by atoms with Crippen molar-refractivity contribution in [3.63, 3.8) is 0 Å². The molecule has 4 heterocycles. The van der Waals surface area contributed by atoms with Gasteiger partial charge in [0.25, 0.3) is 23.6 Å². The average Bonchev–Trinajstić information content (AvgIpc) is 3.61. The molecule has 208 valence electrons. The molecule has 10 heteroatoms. The fourth-order valence-corrected chi connectivity index (χ4v) is 8.86. The molecule has 4 amide bonds. The standard InChI is InChI=1S/C30H29ClN2O4S3/c1-8-9-10-32-28(35)21-17(6)39-25(22(21)29(32)36)18(7)38-16(5)20-12-19-26(40-20)30(37)33(27(19)34)24-14(3)11-13(2)23(31)15(24)4/h11-12,14,24H,5,7-10H2,1-4,6H3. The predicted molar refractivity (Wildman–Crippen MR) is 165 cm³/mol. The quantitative estimate of drug-likeness (QED) is 0.283. The van der Waals surface area contributed by atoms with Gasteiger partial charge < -0.3 is 0 Å². The summed E-state index contributed by atoms with van der Waals surface area (Å²) in [6.07, 6.45) is 3.63. The van der Waals surface area contributed by atoms with E-state index in [1.165, 1.54) is 44.2 Å². The van der Waals surface area contributed by atoms with Crippen LogP contribution in [0.25, 0.3) is 9.81 Å². The number of unbranched alkanes of at least 4 members (excludes halogenated alkanes) is 1. The van der Waals surface area contributed by atoms with Crippen molar-refractivity contribution in [1.82, 2.24) is 9.80 Å². The molecule has 0 bridgehead atoms. The van der Waals surface area contributed by atoms with Crippen molar-refractivity contribution in [3.05, 3.63) is 77.7 Å². The summed E-state index contributed by atoms with van der Waals surface area (Å²) in [4.78, 5) is 59.4. The Morgan fingerprint density at radius 2 is 1.68 bits per heavy atom. The molecule has 6 nitrogen and oxygen atoms in total. The Labute approximate surface area is 251 Å². The zero-order valence-corrected chi connectivity index (χ0v) is 26.2. The van der Waals surface area contributed by atoms with E-state index < -0.39 is 6.04 Å². The van der Waals surface area contributed by atoms with Crippen LogP contribution < -0.4 is 0 Å². The van der Waals surface area contributed by atoms with Crippen LogP contribution in [0.5, 0.6) is 0 Å². The first-order chi connectivity index (χ1) is 18.9. The number of nitrogens with zero attached hydrogens (tertiary/aromatic N) is 2. The number of rotatable bonds is 8. The van der Waals surface area contributed by atoms with Gasteiger partial charge in [-0.2, -0.15) is 0 Å². The molecule has 2 aromatic heterocycles. The molecular formula is C30H29ClN2O4S3. The van der Waals surface area contributed by atoms with Crippen LogP contribution in [0.3, 0.4) is 0 Å². The fourth-order valence-electron chi connectivity index (χ4n) is 5.58. The van der Waals surface area contributed by atoms with Crippen LogP contribution in [0.4, 0.5) is 0 Å². The molecule has 0 spiro atoms. The number of allylic oxidation sites excluding steroid dienone is 2. The smallest absolute Gasteiger partial charge is 0.272 e. The lowest BCUT2D eigenvalue weighted by atomic mass is 9.86. The summed E-state index contributed by atoms with van der Waals surface area (Å²) >= 11 is 10.4. The molecule has 1 aliphatic carbocycles. The van der Waals surface area contributed by atoms with Crippen molar-refractivity contribution in [3.8, 4) is 0 Å². The maximum absolute atomic E-state index is 13.5. The number of carbonyl (C=O) groups excluding carboxylic acids is 4. The lowest BCUT2D eigenvalue weighted by molar-refractivity contribution is 0.0578. The predicted octanol–water partition coefficient (Wildman–Crippen LogP) is 7.96. The van der Waals surface area contributed by atoms with E-state index in [2.05, 4.69) is 13.2 Å². The number of fused-ring (bicyclic) bond motifs is 2. The molecule has 2 aliphatic heterocycles. The van der Waals surface area contributed by atoms with E-state index in [4.69, 9.17) is 11.6 Å². The Morgan fingerprint density at radius 1 is 1.00 bits per heavy atom. The molecule has 0 N–H and O–H groups in total. The number of amides is 4. The second kappa shape index (κ2) is 10.6. The third kappa shape index (κ3) is 4.38. The van der Waals surface area contributed by atoms with Crippen LogP contribution in [-0.4, -0.2) is 46.0 Å². The van der Waals surface area contributed by atoms with Gasteiger partial charge in [-0.25, -0.2) is 0 Å². The second-order valence-corrected chi connectivity index (χ2v) is 14.1. The number of thiophene rings is 2. The van der Waals surface area contributed by atoms with Crippen molar-refractivity contribution in [2.75, 3.05) is 6.54 Å². The van der Waals surface area contributed by atoms with E-state index in [1.54, 1.807) is 6.07 Å². The van der Waals surface area contributed by atoms with Crippen LogP contribution in [0.15, 0.2) is 41.5 Å². The largest absolute Gasteiger partial charge is 0.274 e. The first-order valence-electron chi connectivity index (χ1n) is 13.0. The molecule has 5 rings (SSSR count). The third-order valence-electron chi connectivity index (χ3n) is 7.53. The summed E-state index contributed by atoms with van der Waals surface area (Å²) < 4.78 is 0. The monoisotopic (exact) mass is 612 g/mol. The molecule has 2 unspecified atom stereocenters. The molecule has 0 fully saturated rings. The zero-order valence-electron chi connectivity index (χ0n) is 23.0. The average molecular weight is 613 g/mol. The number of hydrogen-bond donors (Lipinski definition) is 0. The van der Waals surface area contributed by atoms with Gasteiger partial charge in [-0.15, -0.1) is 22.7 Å². The normalized spacial score (nSPS) is 20.5. The van der Waals surface area contributed by atoms with E-state index in [-0.39, 0.29) is 29.5 Å². The van der Waals surface area contributed by atoms with Gasteiger partial charge in [-0.3, -0.25) is 29.0 Å². The van der Waals surface area contributed by atoms with E-state index in [1.807, 2.05) is 40.7 Å². The molecular weight excluding hydrogens is 584 g/mol. The Hall–Kier alpha value is -2.72. The minimum atomic E-state index is -0.432. The van der Waals surface area contributed by atoms with Crippen molar-refractivity contribution < 1.29 is 19.2 Å². The first-order valence-corrected chi connectivity index (χ1v) is 15.8. The Bertz CT molecular complexity index is 1570. The number of imide groups is 2. The highest BCUT2D eigenvalue weighted by molar-refractivity contribution is 8.16. The summed E-state index contributed by atoms with van der Waals surface area (Å²) in [5, 5.41) is 0.590. The van der Waals surface area contributed by atoms with Crippen LogP contribution in [-0.2, 0) is 0 Å². The van der Waals surface area contributed by atoms with Crippen molar-refractivity contribution in [2.45, 2.75) is 53.5 Å². The molecule has 0 saturated heterocycles. The maximum atomic E-state index is 13.5. The Balaban J connectivity index is 1.36. The van der Waals surface area contributed by atoms with Crippen LogP contribution >= 0.6 is 46.0 Å². The highest BCUT2D eigenvalue weighted by Gasteiger charge is 2.45. The molecule has 0 radical (unpaired) electrons. The minimum absolute atomic E-state index is 0.0545. The van der Waals surface area contributed by atoms with Gasteiger partial charge in [-0.05, 0) is 50.3 Å². The highest BCUT2D eigenvalue weighted by Crippen LogP contribution is 2.48. The van der Waals surface area contributed by atoms with Gasteiger partial charge in [0.15, 0.2) is 0 Å². The number of aryl methyl sites for hydroxylation is 1. The van der Waals surface area contributed by atoms with Gasteiger partial charge in [0.2, 0.25) is 0 Å². The molecule has 3 aliphatic rings. The lowest BCUT2D eigenvalue weighted by Crippen LogP contribution is -2.45. The number of halogens is 1. The van der Waals surface area contributed by atoms with Crippen LogP contribution in [0.2, 0.25) is 0 Å². The molecule has 2 aromatic rings. The van der Waals surface area contributed by atoms with Crippen LogP contribution in [0.1, 0.15) is 95.9 Å². The van der Waals surface area contributed by atoms with Gasteiger partial charge in [0, 0.05) is 31.1 Å². The van der Waals surface area contributed by atoms with Gasteiger partial charge in [-0.1, -0.05) is 62.9 Å². The fraction of sp³-hybridized carbons (Fsp3) is 0.333. The Morgan fingerprint density at radius 3 is 2.33 bits per heavy atom. The van der Waals surface area contributed by atoms with Crippen LogP contribution in [0, 0.1) is 12.8 Å². The molecule has 2 atom stereocenters. The third-order valence-corrected chi connectivity index (χ3v) is 11.7. The SMILES string of the molecule is C=C(SC(=C)c1sc(C)c2c1C(=O)N(CCCC)C2=O)c1cc2c(s1)C(=O)N(C1C(C)=C(Cl)C(C)=CC1C)C2=O. The van der Waals surface area contributed by atoms with Crippen molar-refractivity contribution in [1.29, 1.82) is 0 Å². The topological polar surface area (TPSA) is 74.8 Å². The zero-order chi connectivity index (χ0) is 29.2. The lowest BCUT2D eigenvalue weighted by Gasteiger charge is -2.34. The molecule has 0 saturated carbocycles. The van der Waals surface area contributed by atoms with E-state index in [9.17, 15) is 19.2 Å². The van der Waals surface area contributed by atoms with E-state index in [0.717, 1.165) is 28.9 Å². The van der Waals surface area contributed by atoms with E-state index >= 15 is 0 Å². The van der Waals surface area contributed by atoms with E-state index in [0.29, 0.717) is 52.7 Å². The number of carbonyl (C=O) groups is 4. The van der Waals surface area contributed by atoms with Gasteiger partial charge >= 0.3 is 0 Å². The number of hydrogen-bond acceptors (Lipinski definition) is 7. The Kier molecular flexibility index (Phi) is 7.63. The summed E-state index contributed by atoms with van der Waals surface area (Å²) in [7, 11) is 0. The maximum Gasteiger partial charge on any atom is 0.272 e. The van der Waals surface area contributed by atoms with Crippen molar-refractivity contribution in [2.24, 2.45) is 5.92 Å². The summed E-state index contributed by atoms with van der Waals surface area (Å²) in [5.74, 6) is -1.25. The second-order valence-electron chi connectivity index (χ2n) is 10.3. The highest BCUT2D eigenvalue weighted by atomic mass is 35.5. The number of thioether (sulfide) groups is 1. The summed E-state index contributed by atoms with van der Waals surface area (Å²) in [6.45, 7) is 18.4. The first kappa shape index (κ1) is 28.8. The van der Waals surface area contributed by atoms with Gasteiger partial charge in [0.05, 0.1) is 27.6 Å². The minimum Gasteiger partial charge on any atom is -0.274 e.